The van der Waals surface area contributed by atoms with Gasteiger partial charge in [-0.1, -0.05) is 6.07 Å². The molecule has 1 N–H and O–H groups in total. The summed E-state index contributed by atoms with van der Waals surface area (Å²) < 4.78 is 5.49. The Bertz CT molecular complexity index is 1070. The second-order valence-electron chi connectivity index (χ2n) is 7.25. The van der Waals surface area contributed by atoms with Crippen molar-refractivity contribution in [1.29, 1.82) is 0 Å². The number of anilines is 1. The highest BCUT2D eigenvalue weighted by atomic mass is 16.5. The number of carbonyl (C=O) groups excluding carboxylic acids is 1. The lowest BCUT2D eigenvalue weighted by molar-refractivity contribution is 0.0779. The molecule has 4 rings (SSSR count). The number of hydrogen-bond donors (Lipinski definition) is 1. The SMILES string of the molecule is COc1nc2c(cc1CNc1nc(C)ncc1C)C(=O)N(CCc1ccccn1)C2. The molecule has 0 fully saturated rings. The van der Waals surface area contributed by atoms with Crippen molar-refractivity contribution >= 4 is 11.7 Å². The second kappa shape index (κ2) is 8.44. The number of aromatic nitrogens is 4. The van der Waals surface area contributed by atoms with Crippen molar-refractivity contribution in [2.45, 2.75) is 33.4 Å². The first-order chi connectivity index (χ1) is 14.5. The van der Waals surface area contributed by atoms with Crippen LogP contribution in [-0.2, 0) is 19.5 Å². The molecule has 0 saturated carbocycles. The van der Waals surface area contributed by atoms with E-state index in [4.69, 9.17) is 4.74 Å². The molecule has 0 aromatic carbocycles. The van der Waals surface area contributed by atoms with E-state index >= 15 is 0 Å². The van der Waals surface area contributed by atoms with Gasteiger partial charge in [-0.05, 0) is 32.0 Å². The van der Waals surface area contributed by atoms with E-state index in [2.05, 4.69) is 25.3 Å². The van der Waals surface area contributed by atoms with Gasteiger partial charge < -0.3 is 15.0 Å². The summed E-state index contributed by atoms with van der Waals surface area (Å²) in [5.41, 5.74) is 4.10. The van der Waals surface area contributed by atoms with Gasteiger partial charge in [-0.2, -0.15) is 0 Å². The summed E-state index contributed by atoms with van der Waals surface area (Å²) in [6.45, 7) is 5.32. The predicted molar refractivity (Wildman–Crippen MR) is 112 cm³/mol. The maximum absolute atomic E-state index is 12.9. The van der Waals surface area contributed by atoms with E-state index < -0.39 is 0 Å². The van der Waals surface area contributed by atoms with Crippen LogP contribution in [0.2, 0.25) is 0 Å². The van der Waals surface area contributed by atoms with E-state index in [1.165, 1.54) is 0 Å². The van der Waals surface area contributed by atoms with Crippen molar-refractivity contribution in [2.24, 2.45) is 0 Å². The number of fused-ring (bicyclic) bond motifs is 1. The van der Waals surface area contributed by atoms with E-state index in [9.17, 15) is 4.79 Å². The standard InChI is InChI=1S/C22H24N6O2/c1-14-11-24-15(2)26-20(14)25-12-16-10-18-19(27-21(16)30-3)13-28(22(18)29)9-7-17-6-4-5-8-23-17/h4-6,8,10-11H,7,9,12-13H2,1-3H3,(H,24,25,26). The first-order valence-electron chi connectivity index (χ1n) is 9.85. The minimum atomic E-state index is -0.00797. The summed E-state index contributed by atoms with van der Waals surface area (Å²) in [5.74, 6) is 1.96. The summed E-state index contributed by atoms with van der Waals surface area (Å²) in [7, 11) is 1.59. The van der Waals surface area contributed by atoms with Crippen LogP contribution >= 0.6 is 0 Å². The fourth-order valence-corrected chi connectivity index (χ4v) is 3.47. The van der Waals surface area contributed by atoms with Gasteiger partial charge in [-0.15, -0.1) is 0 Å². The van der Waals surface area contributed by atoms with E-state index in [-0.39, 0.29) is 5.91 Å². The smallest absolute Gasteiger partial charge is 0.256 e. The minimum Gasteiger partial charge on any atom is -0.481 e. The van der Waals surface area contributed by atoms with Crippen LogP contribution in [0.3, 0.4) is 0 Å². The van der Waals surface area contributed by atoms with Gasteiger partial charge in [0.25, 0.3) is 5.91 Å². The number of hydrogen-bond acceptors (Lipinski definition) is 7. The van der Waals surface area contributed by atoms with Crippen LogP contribution in [0.1, 0.15) is 38.7 Å². The second-order valence-corrected chi connectivity index (χ2v) is 7.25. The topological polar surface area (TPSA) is 93.1 Å². The molecule has 3 aromatic rings. The maximum atomic E-state index is 12.9. The van der Waals surface area contributed by atoms with Crippen molar-refractivity contribution in [1.82, 2.24) is 24.8 Å². The van der Waals surface area contributed by atoms with Gasteiger partial charge in [0.1, 0.15) is 11.6 Å². The highest BCUT2D eigenvalue weighted by Crippen LogP contribution is 2.28. The number of methoxy groups -OCH3 is 1. The van der Waals surface area contributed by atoms with E-state index in [0.29, 0.717) is 43.3 Å². The van der Waals surface area contributed by atoms with E-state index in [1.54, 1.807) is 24.4 Å². The maximum Gasteiger partial charge on any atom is 0.256 e. The van der Waals surface area contributed by atoms with Crippen molar-refractivity contribution in [3.05, 3.63) is 70.6 Å². The molecule has 0 bridgehead atoms. The van der Waals surface area contributed by atoms with Crippen LogP contribution in [0.4, 0.5) is 5.82 Å². The summed E-state index contributed by atoms with van der Waals surface area (Å²) in [6.07, 6.45) is 4.26. The molecular formula is C22H24N6O2. The molecule has 1 aliphatic heterocycles. The zero-order valence-electron chi connectivity index (χ0n) is 17.3. The number of ether oxygens (including phenoxy) is 1. The Labute approximate surface area is 175 Å². The fraction of sp³-hybridized carbons (Fsp3) is 0.318. The number of carbonyl (C=O) groups is 1. The van der Waals surface area contributed by atoms with E-state index in [0.717, 1.165) is 28.3 Å². The monoisotopic (exact) mass is 404 g/mol. The highest BCUT2D eigenvalue weighted by molar-refractivity contribution is 5.98. The zero-order valence-corrected chi connectivity index (χ0v) is 17.3. The third-order valence-corrected chi connectivity index (χ3v) is 5.09. The number of pyridine rings is 2. The van der Waals surface area contributed by atoms with Crippen molar-refractivity contribution in [3.63, 3.8) is 0 Å². The van der Waals surface area contributed by atoms with Crippen LogP contribution in [0.5, 0.6) is 5.88 Å². The van der Waals surface area contributed by atoms with Crippen LogP contribution < -0.4 is 10.1 Å². The molecule has 154 valence electrons. The highest BCUT2D eigenvalue weighted by Gasteiger charge is 2.30. The molecule has 1 aliphatic rings. The quantitative estimate of drug-likeness (QED) is 0.647. The molecule has 30 heavy (non-hydrogen) atoms. The molecule has 8 heteroatoms. The summed E-state index contributed by atoms with van der Waals surface area (Å²) in [4.78, 5) is 32.3. The lowest BCUT2D eigenvalue weighted by Crippen LogP contribution is -2.26. The fourth-order valence-electron chi connectivity index (χ4n) is 3.47. The zero-order chi connectivity index (χ0) is 21.1. The normalized spacial score (nSPS) is 12.8. The molecule has 0 unspecified atom stereocenters. The Morgan fingerprint density at radius 2 is 2.07 bits per heavy atom. The van der Waals surface area contributed by atoms with Crippen molar-refractivity contribution < 1.29 is 9.53 Å². The van der Waals surface area contributed by atoms with Crippen LogP contribution in [0.25, 0.3) is 0 Å². The largest absolute Gasteiger partial charge is 0.481 e. The lowest BCUT2D eigenvalue weighted by Gasteiger charge is -2.14. The molecule has 0 saturated heterocycles. The van der Waals surface area contributed by atoms with Gasteiger partial charge >= 0.3 is 0 Å². The van der Waals surface area contributed by atoms with Gasteiger partial charge in [-0.3, -0.25) is 9.78 Å². The van der Waals surface area contributed by atoms with Gasteiger partial charge in [-0.25, -0.2) is 15.0 Å². The number of amides is 1. The van der Waals surface area contributed by atoms with Crippen LogP contribution in [-0.4, -0.2) is 44.4 Å². The molecule has 4 heterocycles. The number of nitrogens with zero attached hydrogens (tertiary/aromatic N) is 5. The number of rotatable bonds is 7. The molecule has 8 nitrogen and oxygen atoms in total. The average Bonchev–Trinajstić information content (AvgIpc) is 3.07. The Balaban J connectivity index is 1.50. The predicted octanol–water partition coefficient (Wildman–Crippen LogP) is 2.70. The summed E-state index contributed by atoms with van der Waals surface area (Å²) >= 11 is 0. The van der Waals surface area contributed by atoms with Crippen LogP contribution in [0, 0.1) is 13.8 Å². The number of nitrogens with one attached hydrogen (secondary N) is 1. The molecule has 0 spiro atoms. The van der Waals surface area contributed by atoms with Gasteiger partial charge in [0.15, 0.2) is 0 Å². The van der Waals surface area contributed by atoms with Crippen LogP contribution in [0.15, 0.2) is 36.7 Å². The summed E-state index contributed by atoms with van der Waals surface area (Å²) in [6, 6.07) is 7.68. The Hall–Kier alpha value is -3.55. The number of aryl methyl sites for hydroxylation is 2. The average molecular weight is 404 g/mol. The third kappa shape index (κ3) is 4.07. The molecule has 1 amide bonds. The Morgan fingerprint density at radius 3 is 2.83 bits per heavy atom. The Morgan fingerprint density at radius 1 is 1.20 bits per heavy atom. The first-order valence-corrected chi connectivity index (χ1v) is 9.85. The van der Waals surface area contributed by atoms with Gasteiger partial charge in [0, 0.05) is 48.7 Å². The lowest BCUT2D eigenvalue weighted by atomic mass is 10.1. The van der Waals surface area contributed by atoms with Gasteiger partial charge in [0.05, 0.1) is 24.9 Å². The third-order valence-electron chi connectivity index (χ3n) is 5.09. The van der Waals surface area contributed by atoms with Crippen molar-refractivity contribution in [2.75, 3.05) is 19.0 Å². The minimum absolute atomic E-state index is 0.00797. The summed E-state index contributed by atoms with van der Waals surface area (Å²) in [5, 5.41) is 3.30. The molecule has 3 aromatic heterocycles. The van der Waals surface area contributed by atoms with Crippen molar-refractivity contribution in [3.8, 4) is 5.88 Å². The molecule has 0 aliphatic carbocycles. The molecule has 0 radical (unpaired) electrons. The molecular weight excluding hydrogens is 380 g/mol. The van der Waals surface area contributed by atoms with Gasteiger partial charge in [0.2, 0.25) is 5.88 Å². The Kier molecular flexibility index (Phi) is 5.56. The first kappa shape index (κ1) is 19.8. The van der Waals surface area contributed by atoms with E-state index in [1.807, 2.05) is 38.1 Å². The molecule has 0 atom stereocenters.